The molecule has 0 saturated heterocycles. The molecule has 0 saturated carbocycles. The maximum absolute atomic E-state index is 11.4. The van der Waals surface area contributed by atoms with Gasteiger partial charge in [0, 0.05) is 0 Å². The van der Waals surface area contributed by atoms with Gasteiger partial charge in [0.25, 0.3) is 0 Å². The molecule has 4 heteroatoms. The van der Waals surface area contributed by atoms with E-state index in [2.05, 4.69) is 99.5 Å². The van der Waals surface area contributed by atoms with E-state index in [1.165, 1.54) is 22.4 Å². The van der Waals surface area contributed by atoms with E-state index >= 15 is 0 Å². The first-order chi connectivity index (χ1) is 24.4. The van der Waals surface area contributed by atoms with Crippen LogP contribution in [0.2, 0.25) is 0 Å². The Balaban J connectivity index is 0.000000194. The molecule has 0 radical (unpaired) electrons. The van der Waals surface area contributed by atoms with Gasteiger partial charge >= 0.3 is 156 Å². The molecule has 1 aromatic heterocycles. The summed E-state index contributed by atoms with van der Waals surface area (Å²) in [4.78, 5) is 4.11. The van der Waals surface area contributed by atoms with Crippen molar-refractivity contribution in [3.8, 4) is 0 Å². The summed E-state index contributed by atoms with van der Waals surface area (Å²) in [6, 6.07) is 50.8. The topological polar surface area (TPSA) is 46.7 Å². The van der Waals surface area contributed by atoms with Crippen molar-refractivity contribution < 1.29 is 23.0 Å². The van der Waals surface area contributed by atoms with Crippen molar-refractivity contribution in [1.82, 2.24) is 4.98 Å². The molecular formula is C47H53N2OW-. The Kier molecular flexibility index (Phi) is 14.6. The Hall–Kier alpha value is -4.30. The van der Waals surface area contributed by atoms with E-state index in [1.807, 2.05) is 117 Å². The van der Waals surface area contributed by atoms with Crippen LogP contribution in [0, 0.1) is 13.8 Å². The Morgan fingerprint density at radius 3 is 1.20 bits per heavy atom. The van der Waals surface area contributed by atoms with Gasteiger partial charge in [-0.15, -0.1) is 0 Å². The molecule has 264 valence electrons. The summed E-state index contributed by atoms with van der Waals surface area (Å²) in [5, 5.41) is 11.4. The molecule has 51 heavy (non-hydrogen) atoms. The molecule has 0 aliphatic carbocycles. The van der Waals surface area contributed by atoms with Gasteiger partial charge in [0.2, 0.25) is 0 Å². The van der Waals surface area contributed by atoms with Crippen molar-refractivity contribution in [3.05, 3.63) is 196 Å². The predicted molar refractivity (Wildman–Crippen MR) is 213 cm³/mol. The third-order valence-electron chi connectivity index (χ3n) is 8.84. The number of hydrogen-bond donors (Lipinski definition) is 1. The average molecular weight is 846 g/mol. The Morgan fingerprint density at radius 2 is 0.882 bits per heavy atom. The number of benzene rings is 5. The molecule has 3 nitrogen and oxygen atoms in total. The summed E-state index contributed by atoms with van der Waals surface area (Å²) in [6.07, 6.45) is 0. The first-order valence-electron chi connectivity index (χ1n) is 17.8. The molecule has 0 atom stereocenters. The monoisotopic (exact) mass is 845 g/mol. The minimum atomic E-state index is -1.12. The van der Waals surface area contributed by atoms with Crippen molar-refractivity contribution in [2.45, 2.75) is 78.2 Å². The quantitative estimate of drug-likeness (QED) is 0.155. The Morgan fingerprint density at radius 1 is 0.529 bits per heavy atom. The van der Waals surface area contributed by atoms with Crippen LogP contribution in [-0.2, 0) is 28.9 Å². The van der Waals surface area contributed by atoms with Crippen LogP contribution in [0.15, 0.2) is 155 Å². The van der Waals surface area contributed by atoms with Crippen LogP contribution in [-0.4, -0.2) is 9.51 Å². The van der Waals surface area contributed by atoms with Crippen LogP contribution in [0.4, 0.5) is 5.69 Å². The second kappa shape index (κ2) is 18.8. The molecule has 0 amide bonds. The molecule has 5 aromatic carbocycles. The molecule has 0 aliphatic heterocycles. The molecule has 0 aliphatic rings. The van der Waals surface area contributed by atoms with Gasteiger partial charge < -0.3 is 10.1 Å². The Labute approximate surface area is 314 Å². The number of nitrogens with zero attached hydrogens (tertiary/aromatic N) is 2. The summed E-state index contributed by atoms with van der Waals surface area (Å²) in [7, 11) is 0. The summed E-state index contributed by atoms with van der Waals surface area (Å²) >= 11 is -0.918. The van der Waals surface area contributed by atoms with E-state index in [0.29, 0.717) is 11.8 Å². The van der Waals surface area contributed by atoms with Crippen molar-refractivity contribution in [3.63, 3.8) is 0 Å². The zero-order valence-electron chi connectivity index (χ0n) is 31.4. The first-order valence-corrected chi connectivity index (χ1v) is 20.8. The van der Waals surface area contributed by atoms with E-state index in [9.17, 15) is 5.11 Å². The van der Waals surface area contributed by atoms with E-state index < -0.39 is 23.5 Å². The van der Waals surface area contributed by atoms with Gasteiger partial charge in [-0.25, -0.2) is 0 Å². The number of aliphatic hydroxyl groups is 1. The zero-order chi connectivity index (χ0) is 36.9. The summed E-state index contributed by atoms with van der Waals surface area (Å²) in [5.41, 5.74) is 9.25. The third kappa shape index (κ3) is 10.8. The molecule has 1 heterocycles. The van der Waals surface area contributed by atoms with E-state index in [0.717, 1.165) is 28.1 Å². The van der Waals surface area contributed by atoms with Crippen molar-refractivity contribution >= 4 is 10.1 Å². The maximum atomic E-state index is 11.4. The second-order valence-corrected chi connectivity index (χ2v) is 16.3. The first kappa shape index (κ1) is 39.5. The predicted octanol–water partition coefficient (Wildman–Crippen LogP) is 11.8. The van der Waals surface area contributed by atoms with Gasteiger partial charge in [-0.3, -0.25) is 0 Å². The second-order valence-electron chi connectivity index (χ2n) is 14.0. The molecule has 6 rings (SSSR count). The fourth-order valence-electron chi connectivity index (χ4n) is 5.90. The molecule has 0 spiro atoms. The van der Waals surface area contributed by atoms with Gasteiger partial charge in [0.15, 0.2) is 0 Å². The molecule has 0 unspecified atom stereocenters. The van der Waals surface area contributed by atoms with Gasteiger partial charge in [-0.1, -0.05) is 117 Å². The minimum absolute atomic E-state index is 0.0974. The van der Waals surface area contributed by atoms with E-state index in [1.54, 1.807) is 0 Å². The van der Waals surface area contributed by atoms with Crippen molar-refractivity contribution in [2.75, 3.05) is 0 Å². The van der Waals surface area contributed by atoms with Gasteiger partial charge in [0.1, 0.15) is 5.60 Å². The van der Waals surface area contributed by atoms with Crippen LogP contribution in [0.25, 0.3) is 0 Å². The minimum Gasteiger partial charge on any atom is -0.665 e. The van der Waals surface area contributed by atoms with Gasteiger partial charge in [-0.05, 0) is 16.7 Å². The van der Waals surface area contributed by atoms with Crippen molar-refractivity contribution in [1.29, 1.82) is 0 Å². The third-order valence-corrected chi connectivity index (χ3v) is 12.4. The van der Waals surface area contributed by atoms with Crippen LogP contribution < -0.4 is 4.98 Å². The van der Waals surface area contributed by atoms with E-state index in [4.69, 9.17) is 3.50 Å². The smallest absolute Gasteiger partial charge is 0.140 e. The van der Waals surface area contributed by atoms with Gasteiger partial charge in [0.05, 0.1) is 0 Å². The van der Waals surface area contributed by atoms with Gasteiger partial charge in [-0.2, -0.15) is 11.4 Å². The summed E-state index contributed by atoms with van der Waals surface area (Å²) in [5.74, 6) is 1.03. The summed E-state index contributed by atoms with van der Waals surface area (Å²) in [6.45, 7) is 17.6. The molecule has 6 aromatic rings. The SMILES string of the molecule is CC(C)c1cccc(C(C)C)c1[N]=[W]=[CH]C(C)(C)c1ccccc1.Cc1ccc(C)[n-]1.OC(c1ccccc1)(c1ccccc1)c1ccccc1. The molecule has 1 N–H and O–H groups in total. The van der Waals surface area contributed by atoms with Crippen LogP contribution in [0.1, 0.15) is 98.1 Å². The number of aryl methyl sites for hydroxylation is 2. The van der Waals surface area contributed by atoms with Crippen LogP contribution in [0.5, 0.6) is 0 Å². The molecule has 0 bridgehead atoms. The van der Waals surface area contributed by atoms with Crippen molar-refractivity contribution in [2.24, 2.45) is 3.50 Å². The fourth-order valence-corrected chi connectivity index (χ4v) is 8.66. The van der Waals surface area contributed by atoms with Crippen LogP contribution >= 0.6 is 0 Å². The average Bonchev–Trinajstić information content (AvgIpc) is 3.54. The largest absolute Gasteiger partial charge is 0.665 e. The Bertz CT molecular complexity index is 1830. The molecular weight excluding hydrogens is 792 g/mol. The van der Waals surface area contributed by atoms with Crippen LogP contribution in [0.3, 0.4) is 0 Å². The molecule has 0 fully saturated rings. The summed E-state index contributed by atoms with van der Waals surface area (Å²) < 4.78 is 7.66. The normalized spacial score (nSPS) is 11.2. The number of aromatic nitrogens is 1. The fraction of sp³-hybridized carbons (Fsp3) is 0.255. The zero-order valence-corrected chi connectivity index (χ0v) is 34.3. The standard InChI is InChI=1S/C19H16O.C12H17N.C10H12.C6H8N.W/c20-19(16-10-4-1-5-11-16,17-12-6-2-7-13-17)18-14-8-3-9-15-18;1-8(2)10-6-5-7-11(9(3)4)12(10)13;1-10(2,3)9-7-5-4-6-8-9;1-5-3-4-6(2)7-5;/h1-15,20H;5-9H,1-4H3;1,4-8H,2-3H3;3-4H,1-2H3;/q;;;-1;. The maximum Gasteiger partial charge on any atom is 0.140 e. The van der Waals surface area contributed by atoms with E-state index in [-0.39, 0.29) is 5.41 Å². The number of hydrogen-bond acceptors (Lipinski definition) is 2. The number of rotatable bonds is 8.